The number of ether oxygens (including phenoxy) is 3. The Morgan fingerprint density at radius 2 is 1.85 bits per heavy atom. The number of nitrogens with one attached hydrogen (secondary N) is 1. The summed E-state index contributed by atoms with van der Waals surface area (Å²) in [6.07, 6.45) is 9.55. The maximum atomic E-state index is 11.8. The minimum Gasteiger partial charge on any atom is -0.493 e. The second kappa shape index (κ2) is 12.8. The first-order chi connectivity index (χ1) is 18.6. The van der Waals surface area contributed by atoms with Crippen molar-refractivity contribution in [1.82, 2.24) is 5.32 Å². The van der Waals surface area contributed by atoms with Crippen LogP contribution in [0.1, 0.15) is 80.2 Å². The number of hydrogen-bond donors (Lipinski definition) is 1. The number of halogens is 1. The van der Waals surface area contributed by atoms with Crippen molar-refractivity contribution in [3.8, 4) is 17.2 Å². The Hall–Kier alpha value is -2.45. The van der Waals surface area contributed by atoms with Crippen LogP contribution in [0.3, 0.4) is 0 Å². The number of amides is 2. The number of rotatable bonds is 11. The van der Waals surface area contributed by atoms with Crippen LogP contribution in [-0.4, -0.2) is 30.0 Å². The van der Waals surface area contributed by atoms with Crippen LogP contribution in [0.2, 0.25) is 0 Å². The van der Waals surface area contributed by atoms with E-state index in [1.807, 2.05) is 18.2 Å². The van der Waals surface area contributed by atoms with E-state index in [1.165, 1.54) is 36.8 Å². The Kier molecular flexibility index (Phi) is 9.70. The van der Waals surface area contributed by atoms with Gasteiger partial charge < -0.3 is 14.2 Å². The highest BCUT2D eigenvalue weighted by Gasteiger charge is 2.36. The van der Waals surface area contributed by atoms with Crippen molar-refractivity contribution in [3.63, 3.8) is 0 Å². The van der Waals surface area contributed by atoms with Crippen molar-refractivity contribution >= 4 is 44.9 Å². The first-order valence-electron chi connectivity index (χ1n) is 13.7. The number of imide groups is 1. The van der Waals surface area contributed by atoms with Gasteiger partial charge in [0, 0.05) is 5.56 Å². The lowest BCUT2D eigenvalue weighted by atomic mass is 9.87. The van der Waals surface area contributed by atoms with Crippen LogP contribution in [0.4, 0.5) is 4.79 Å². The molecule has 39 heavy (non-hydrogen) atoms. The minimum absolute atomic E-state index is 0.352. The fourth-order valence-electron chi connectivity index (χ4n) is 5.01. The number of thioether (sulfide) groups is 1. The lowest BCUT2D eigenvalue weighted by molar-refractivity contribution is -0.115. The number of carbonyl (C=O) groups excluding carboxylic acids is 2. The van der Waals surface area contributed by atoms with Gasteiger partial charge in [-0.3, -0.25) is 14.9 Å². The summed E-state index contributed by atoms with van der Waals surface area (Å²) in [4.78, 5) is 23.6. The maximum absolute atomic E-state index is 11.8. The van der Waals surface area contributed by atoms with Crippen LogP contribution in [-0.2, 0) is 11.2 Å². The third-order valence-corrected chi connectivity index (χ3v) is 8.92. The van der Waals surface area contributed by atoms with E-state index >= 15 is 0 Å². The van der Waals surface area contributed by atoms with Crippen LogP contribution in [0.15, 0.2) is 27.6 Å². The third-order valence-electron chi connectivity index (χ3n) is 7.49. The molecule has 1 N–H and O–H groups in total. The van der Waals surface area contributed by atoms with Gasteiger partial charge in [0.05, 0.1) is 16.0 Å². The molecule has 0 bridgehead atoms. The second-order valence-corrected chi connectivity index (χ2v) is 12.5. The molecule has 1 unspecified atom stereocenters. The average Bonchev–Trinajstić information content (AvgIpc) is 3.22. The fraction of sp³-hybridized carbons (Fsp3) is 0.484. The average molecular weight is 617 g/mol. The van der Waals surface area contributed by atoms with E-state index in [2.05, 4.69) is 55.9 Å². The number of unbranched alkanes of at least 4 members (excludes halogenated alkanes) is 4. The van der Waals surface area contributed by atoms with E-state index < -0.39 is 5.60 Å². The van der Waals surface area contributed by atoms with E-state index in [0.717, 1.165) is 70.3 Å². The van der Waals surface area contributed by atoms with Crippen molar-refractivity contribution < 1.29 is 23.8 Å². The van der Waals surface area contributed by atoms with E-state index in [4.69, 9.17) is 14.2 Å². The summed E-state index contributed by atoms with van der Waals surface area (Å²) in [5.41, 5.74) is 5.03. The van der Waals surface area contributed by atoms with Crippen LogP contribution >= 0.6 is 27.7 Å². The molecule has 2 amide bonds. The van der Waals surface area contributed by atoms with Crippen molar-refractivity contribution in [3.05, 3.63) is 55.4 Å². The summed E-state index contributed by atoms with van der Waals surface area (Å²) in [5, 5.41) is 1.92. The predicted molar refractivity (Wildman–Crippen MR) is 161 cm³/mol. The smallest absolute Gasteiger partial charge is 0.290 e. The molecule has 0 aromatic heterocycles. The Bertz CT molecular complexity index is 1290. The first-order valence-corrected chi connectivity index (χ1v) is 15.3. The molecular formula is C31H38BrNO5S. The van der Waals surface area contributed by atoms with Gasteiger partial charge in [0.15, 0.2) is 0 Å². The van der Waals surface area contributed by atoms with Gasteiger partial charge in [0.1, 0.15) is 29.5 Å². The molecule has 2 heterocycles. The zero-order valence-corrected chi connectivity index (χ0v) is 25.9. The molecule has 0 aliphatic carbocycles. The number of hydrogen-bond acceptors (Lipinski definition) is 6. The van der Waals surface area contributed by atoms with Gasteiger partial charge >= 0.3 is 0 Å². The lowest BCUT2D eigenvalue weighted by Gasteiger charge is -2.38. The molecule has 2 aliphatic heterocycles. The maximum Gasteiger partial charge on any atom is 0.290 e. The normalized spacial score (nSPS) is 19.6. The van der Waals surface area contributed by atoms with Gasteiger partial charge in [0.2, 0.25) is 0 Å². The molecule has 210 valence electrons. The van der Waals surface area contributed by atoms with Gasteiger partial charge in [-0.05, 0) is 115 Å². The fourth-order valence-corrected chi connectivity index (χ4v) is 6.20. The Balaban J connectivity index is 1.41. The lowest BCUT2D eigenvalue weighted by Crippen LogP contribution is -2.42. The molecule has 0 saturated carbocycles. The Labute approximate surface area is 244 Å². The van der Waals surface area contributed by atoms with Crippen molar-refractivity contribution in [1.29, 1.82) is 0 Å². The largest absolute Gasteiger partial charge is 0.493 e. The molecule has 4 rings (SSSR count). The molecule has 0 radical (unpaired) electrons. The van der Waals surface area contributed by atoms with Crippen LogP contribution < -0.4 is 19.5 Å². The van der Waals surface area contributed by atoms with Crippen LogP contribution in [0, 0.1) is 20.8 Å². The highest BCUT2D eigenvalue weighted by atomic mass is 79.9. The van der Waals surface area contributed by atoms with E-state index in [0.29, 0.717) is 17.3 Å². The zero-order chi connectivity index (χ0) is 28.2. The van der Waals surface area contributed by atoms with E-state index in [-0.39, 0.29) is 11.1 Å². The summed E-state index contributed by atoms with van der Waals surface area (Å²) in [5.74, 6) is 2.30. The predicted octanol–water partition coefficient (Wildman–Crippen LogP) is 8.21. The number of carbonyl (C=O) groups is 2. The van der Waals surface area contributed by atoms with E-state index in [1.54, 1.807) is 6.08 Å². The number of fused-ring (bicyclic) bond motifs is 1. The highest BCUT2D eigenvalue weighted by molar-refractivity contribution is 9.10. The molecule has 8 heteroatoms. The zero-order valence-electron chi connectivity index (χ0n) is 23.5. The van der Waals surface area contributed by atoms with Gasteiger partial charge in [-0.1, -0.05) is 38.7 Å². The molecule has 6 nitrogen and oxygen atoms in total. The van der Waals surface area contributed by atoms with Gasteiger partial charge in [0.25, 0.3) is 11.1 Å². The summed E-state index contributed by atoms with van der Waals surface area (Å²) >= 11 is 4.49. The summed E-state index contributed by atoms with van der Waals surface area (Å²) < 4.78 is 19.9. The van der Waals surface area contributed by atoms with Crippen molar-refractivity contribution in [2.75, 3.05) is 13.2 Å². The van der Waals surface area contributed by atoms with Crippen molar-refractivity contribution in [2.45, 2.75) is 85.2 Å². The Morgan fingerprint density at radius 1 is 1.08 bits per heavy atom. The minimum atomic E-state index is -0.475. The number of benzene rings is 2. The molecule has 2 aromatic carbocycles. The molecule has 1 fully saturated rings. The molecule has 1 atom stereocenters. The van der Waals surface area contributed by atoms with Gasteiger partial charge in [-0.25, -0.2) is 0 Å². The van der Waals surface area contributed by atoms with Crippen LogP contribution in [0.25, 0.3) is 6.08 Å². The second-order valence-electron chi connectivity index (χ2n) is 10.7. The van der Waals surface area contributed by atoms with E-state index in [9.17, 15) is 9.59 Å². The van der Waals surface area contributed by atoms with Crippen molar-refractivity contribution in [2.24, 2.45) is 0 Å². The molecular weight excluding hydrogens is 578 g/mol. The van der Waals surface area contributed by atoms with Gasteiger partial charge in [-0.15, -0.1) is 0 Å². The third kappa shape index (κ3) is 7.01. The monoisotopic (exact) mass is 615 g/mol. The summed E-state index contributed by atoms with van der Waals surface area (Å²) in [6, 6.07) is 5.60. The molecule has 0 spiro atoms. The summed E-state index contributed by atoms with van der Waals surface area (Å²) in [6.45, 7) is 11.9. The molecule has 2 aromatic rings. The molecule has 2 aliphatic rings. The van der Waals surface area contributed by atoms with Crippen LogP contribution in [0.5, 0.6) is 17.2 Å². The topological polar surface area (TPSA) is 73.9 Å². The van der Waals surface area contributed by atoms with Gasteiger partial charge in [-0.2, -0.15) is 0 Å². The standard InChI is InChI=1S/C31H38BrNO5S/c1-6-7-8-9-10-15-36-27-19(2)20(3)28-23(21(27)4)13-14-31(5,38-28)18-37-25-12-11-22(16-24(25)32)17-26-29(34)33-30(35)39-26/h11-12,16-17H,6-10,13-15,18H2,1-5H3,(H,33,34,35). The Morgan fingerprint density at radius 3 is 2.54 bits per heavy atom. The highest BCUT2D eigenvalue weighted by Crippen LogP contribution is 2.44. The summed E-state index contributed by atoms with van der Waals surface area (Å²) in [7, 11) is 0. The first kappa shape index (κ1) is 29.5. The molecule has 1 saturated heterocycles. The quantitative estimate of drug-likeness (QED) is 0.203. The SMILES string of the molecule is CCCCCCCOc1c(C)c(C)c2c(c1C)CCC(C)(COc1ccc(C=C3SC(=O)NC3=O)cc1Br)O2.